The van der Waals surface area contributed by atoms with Gasteiger partial charge in [0.25, 0.3) is 0 Å². The average Bonchev–Trinajstić information content (AvgIpc) is 2.83. The number of hydrogen-bond donors (Lipinski definition) is 0. The molecule has 162 valence electrons. The molecule has 0 radical (unpaired) electrons. The number of carbonyl (C=O) groups is 2. The fourth-order valence-corrected chi connectivity index (χ4v) is 5.00. The molecule has 0 aromatic heterocycles. The average molecular weight is 410 g/mol. The van der Waals surface area contributed by atoms with E-state index in [0.717, 1.165) is 83.4 Å². The van der Waals surface area contributed by atoms with E-state index in [0.29, 0.717) is 18.2 Å². The molecular formula is C25H35N3O2. The number of rotatable bonds is 5. The Morgan fingerprint density at radius 2 is 1.60 bits per heavy atom. The van der Waals surface area contributed by atoms with Crippen LogP contribution in [0.4, 0.5) is 5.69 Å². The Morgan fingerprint density at radius 3 is 2.27 bits per heavy atom. The molecule has 5 nitrogen and oxygen atoms in total. The SMILES string of the molecule is O=C(CCC1CCN(C(=O)C2=CCCCC2)CC1)N1CCN(c2ccccc2)CC1. The van der Waals surface area contributed by atoms with Gasteiger partial charge in [0.2, 0.25) is 11.8 Å². The molecule has 5 heteroatoms. The lowest BCUT2D eigenvalue weighted by Crippen LogP contribution is -2.48. The molecule has 1 aromatic carbocycles. The predicted molar refractivity (Wildman–Crippen MR) is 120 cm³/mol. The zero-order chi connectivity index (χ0) is 20.8. The lowest BCUT2D eigenvalue weighted by atomic mass is 9.91. The van der Waals surface area contributed by atoms with Crippen molar-refractivity contribution in [2.24, 2.45) is 5.92 Å². The summed E-state index contributed by atoms with van der Waals surface area (Å²) < 4.78 is 0. The van der Waals surface area contributed by atoms with E-state index in [4.69, 9.17) is 0 Å². The third-order valence-corrected chi connectivity index (χ3v) is 6.99. The number of amides is 2. The van der Waals surface area contributed by atoms with Crippen LogP contribution in [-0.2, 0) is 9.59 Å². The molecule has 2 amide bonds. The standard InChI is InChI=1S/C25H35N3O2/c29-24(27-19-17-26(18-20-27)23-9-5-2-6-10-23)12-11-21-13-15-28(16-14-21)25(30)22-7-3-1-4-8-22/h2,5-7,9-10,21H,1,3-4,8,11-20H2. The first kappa shape index (κ1) is 21.0. The Labute approximate surface area is 180 Å². The smallest absolute Gasteiger partial charge is 0.249 e. The summed E-state index contributed by atoms with van der Waals surface area (Å²) in [6, 6.07) is 10.4. The van der Waals surface area contributed by atoms with Crippen molar-refractivity contribution in [1.29, 1.82) is 0 Å². The van der Waals surface area contributed by atoms with E-state index in [1.165, 1.54) is 12.1 Å². The first-order valence-corrected chi connectivity index (χ1v) is 11.8. The minimum atomic E-state index is 0.264. The first-order chi connectivity index (χ1) is 14.7. The van der Waals surface area contributed by atoms with Gasteiger partial charge in [-0.2, -0.15) is 0 Å². The quantitative estimate of drug-likeness (QED) is 0.742. The van der Waals surface area contributed by atoms with Crippen LogP contribution in [-0.4, -0.2) is 60.9 Å². The Hall–Kier alpha value is -2.30. The van der Waals surface area contributed by atoms with E-state index in [1.807, 2.05) is 15.9 Å². The molecule has 0 spiro atoms. The van der Waals surface area contributed by atoms with Crippen molar-refractivity contribution in [2.45, 2.75) is 51.4 Å². The van der Waals surface area contributed by atoms with E-state index < -0.39 is 0 Å². The molecule has 0 atom stereocenters. The van der Waals surface area contributed by atoms with Gasteiger partial charge in [-0.3, -0.25) is 9.59 Å². The highest BCUT2D eigenvalue weighted by atomic mass is 16.2. The summed E-state index contributed by atoms with van der Waals surface area (Å²) in [6.07, 6.45) is 10.2. The lowest BCUT2D eigenvalue weighted by molar-refractivity contribution is -0.132. The Morgan fingerprint density at radius 1 is 0.867 bits per heavy atom. The minimum Gasteiger partial charge on any atom is -0.368 e. The maximum absolute atomic E-state index is 12.7. The van der Waals surface area contributed by atoms with Crippen molar-refractivity contribution in [1.82, 2.24) is 9.80 Å². The molecule has 1 aromatic rings. The Bertz CT molecular complexity index is 745. The number of para-hydroxylation sites is 1. The van der Waals surface area contributed by atoms with E-state index in [1.54, 1.807) is 0 Å². The number of anilines is 1. The van der Waals surface area contributed by atoms with Gasteiger partial charge in [-0.15, -0.1) is 0 Å². The van der Waals surface area contributed by atoms with Crippen LogP contribution < -0.4 is 4.90 Å². The van der Waals surface area contributed by atoms with E-state index in [2.05, 4.69) is 35.2 Å². The maximum atomic E-state index is 12.7. The molecule has 3 aliphatic rings. The highest BCUT2D eigenvalue weighted by molar-refractivity contribution is 5.93. The van der Waals surface area contributed by atoms with E-state index >= 15 is 0 Å². The van der Waals surface area contributed by atoms with Crippen LogP contribution in [0.5, 0.6) is 0 Å². The Kier molecular flexibility index (Phi) is 7.08. The number of benzene rings is 1. The van der Waals surface area contributed by atoms with Crippen LogP contribution in [0.25, 0.3) is 0 Å². The van der Waals surface area contributed by atoms with Gasteiger partial charge in [-0.05, 0) is 63.0 Å². The van der Waals surface area contributed by atoms with Gasteiger partial charge in [-0.1, -0.05) is 24.3 Å². The number of likely N-dealkylation sites (tertiary alicyclic amines) is 1. The van der Waals surface area contributed by atoms with Crippen LogP contribution in [0, 0.1) is 5.92 Å². The molecule has 4 rings (SSSR count). The summed E-state index contributed by atoms with van der Waals surface area (Å²) in [6.45, 7) is 5.15. The summed E-state index contributed by atoms with van der Waals surface area (Å²) >= 11 is 0. The molecule has 2 fully saturated rings. The summed E-state index contributed by atoms with van der Waals surface area (Å²) in [5.41, 5.74) is 2.28. The van der Waals surface area contributed by atoms with Gasteiger partial charge in [0.05, 0.1) is 0 Å². The summed E-state index contributed by atoms with van der Waals surface area (Å²) in [7, 11) is 0. The number of allylic oxidation sites excluding steroid dienone is 1. The second-order valence-corrected chi connectivity index (χ2v) is 8.95. The van der Waals surface area contributed by atoms with Crippen LogP contribution in [0.3, 0.4) is 0 Å². The van der Waals surface area contributed by atoms with Crippen LogP contribution in [0.1, 0.15) is 51.4 Å². The Balaban J connectivity index is 1.16. The summed E-state index contributed by atoms with van der Waals surface area (Å²) in [5.74, 6) is 1.14. The van der Waals surface area contributed by atoms with Crippen molar-refractivity contribution >= 4 is 17.5 Å². The zero-order valence-corrected chi connectivity index (χ0v) is 18.1. The summed E-state index contributed by atoms with van der Waals surface area (Å²) in [5, 5.41) is 0. The molecule has 0 N–H and O–H groups in total. The van der Waals surface area contributed by atoms with Gasteiger partial charge < -0.3 is 14.7 Å². The number of hydrogen-bond acceptors (Lipinski definition) is 3. The number of piperazine rings is 1. The first-order valence-electron chi connectivity index (χ1n) is 11.8. The predicted octanol–water partition coefficient (Wildman–Crippen LogP) is 3.85. The molecular weight excluding hydrogens is 374 g/mol. The molecule has 2 aliphatic heterocycles. The third-order valence-electron chi connectivity index (χ3n) is 6.99. The zero-order valence-electron chi connectivity index (χ0n) is 18.1. The van der Waals surface area contributed by atoms with Gasteiger partial charge in [0, 0.05) is 56.9 Å². The second kappa shape index (κ2) is 10.1. The number of carbonyl (C=O) groups excluding carboxylic acids is 2. The topological polar surface area (TPSA) is 43.9 Å². The highest BCUT2D eigenvalue weighted by Gasteiger charge is 2.27. The molecule has 30 heavy (non-hydrogen) atoms. The van der Waals surface area contributed by atoms with Crippen LogP contribution in [0.2, 0.25) is 0 Å². The lowest BCUT2D eigenvalue weighted by Gasteiger charge is -2.37. The van der Waals surface area contributed by atoms with Crippen molar-refractivity contribution in [3.8, 4) is 0 Å². The van der Waals surface area contributed by atoms with Gasteiger partial charge in [0.1, 0.15) is 0 Å². The maximum Gasteiger partial charge on any atom is 0.249 e. The van der Waals surface area contributed by atoms with Crippen LogP contribution in [0.15, 0.2) is 42.0 Å². The molecule has 1 aliphatic carbocycles. The molecule has 0 bridgehead atoms. The van der Waals surface area contributed by atoms with Crippen molar-refractivity contribution in [3.63, 3.8) is 0 Å². The van der Waals surface area contributed by atoms with Gasteiger partial charge in [-0.25, -0.2) is 0 Å². The second-order valence-electron chi connectivity index (χ2n) is 8.95. The van der Waals surface area contributed by atoms with Crippen molar-refractivity contribution in [2.75, 3.05) is 44.2 Å². The fraction of sp³-hybridized carbons (Fsp3) is 0.600. The minimum absolute atomic E-state index is 0.264. The molecule has 0 unspecified atom stereocenters. The molecule has 0 saturated carbocycles. The van der Waals surface area contributed by atoms with Gasteiger partial charge in [0.15, 0.2) is 0 Å². The third kappa shape index (κ3) is 5.24. The van der Waals surface area contributed by atoms with Crippen molar-refractivity contribution in [3.05, 3.63) is 42.0 Å². The fourth-order valence-electron chi connectivity index (χ4n) is 5.00. The van der Waals surface area contributed by atoms with Gasteiger partial charge >= 0.3 is 0 Å². The van der Waals surface area contributed by atoms with Crippen LogP contribution >= 0.6 is 0 Å². The normalized spacial score (nSPS) is 20.8. The molecule has 2 saturated heterocycles. The monoisotopic (exact) mass is 409 g/mol. The van der Waals surface area contributed by atoms with Crippen molar-refractivity contribution < 1.29 is 9.59 Å². The number of nitrogens with zero attached hydrogens (tertiary/aromatic N) is 3. The highest BCUT2D eigenvalue weighted by Crippen LogP contribution is 2.26. The van der Waals surface area contributed by atoms with E-state index in [-0.39, 0.29) is 5.91 Å². The molecule has 2 heterocycles. The number of piperidine rings is 1. The largest absolute Gasteiger partial charge is 0.368 e. The van der Waals surface area contributed by atoms with E-state index in [9.17, 15) is 9.59 Å². The summed E-state index contributed by atoms with van der Waals surface area (Å²) in [4.78, 5) is 31.8.